The van der Waals surface area contributed by atoms with E-state index in [1.807, 2.05) is 36.4 Å². The Hall–Kier alpha value is -2.97. The van der Waals surface area contributed by atoms with Crippen LogP contribution in [0.3, 0.4) is 0 Å². The molecule has 30 heavy (non-hydrogen) atoms. The SMILES string of the molecule is O=C(NC1CCCC1Nc1nc2ccc(Cl)cc2s1)c1ccccc1-n1nccn1. The van der Waals surface area contributed by atoms with Gasteiger partial charge in [-0.15, -0.1) is 0 Å². The molecule has 0 radical (unpaired) electrons. The third kappa shape index (κ3) is 3.76. The van der Waals surface area contributed by atoms with Crippen LogP contribution in [0.1, 0.15) is 29.6 Å². The van der Waals surface area contributed by atoms with Crippen LogP contribution in [0.5, 0.6) is 0 Å². The summed E-state index contributed by atoms with van der Waals surface area (Å²) in [4.78, 5) is 19.2. The first-order chi connectivity index (χ1) is 14.7. The van der Waals surface area contributed by atoms with Gasteiger partial charge < -0.3 is 10.6 Å². The minimum Gasteiger partial charge on any atom is -0.357 e. The van der Waals surface area contributed by atoms with Crippen molar-refractivity contribution in [1.29, 1.82) is 0 Å². The Balaban J connectivity index is 1.33. The van der Waals surface area contributed by atoms with Crippen LogP contribution in [0.25, 0.3) is 15.9 Å². The lowest BCUT2D eigenvalue weighted by atomic mass is 10.1. The number of nitrogens with zero attached hydrogens (tertiary/aromatic N) is 4. The van der Waals surface area contributed by atoms with Gasteiger partial charge in [0.2, 0.25) is 0 Å². The van der Waals surface area contributed by atoms with Gasteiger partial charge in [0.15, 0.2) is 5.13 Å². The standard InChI is InChI=1S/C21H19ClN6OS/c22-13-8-9-17-19(12-13)30-21(27-17)26-16-6-3-5-15(16)25-20(29)14-4-1-2-7-18(14)28-23-10-11-24-28/h1-2,4,7-12,15-16H,3,5-6H2,(H,25,29)(H,26,27). The topological polar surface area (TPSA) is 84.7 Å². The highest BCUT2D eigenvalue weighted by Gasteiger charge is 2.30. The summed E-state index contributed by atoms with van der Waals surface area (Å²) in [5, 5.41) is 16.6. The molecule has 7 nitrogen and oxygen atoms in total. The molecule has 2 aromatic carbocycles. The van der Waals surface area contributed by atoms with Crippen LogP contribution in [-0.4, -0.2) is 38.0 Å². The maximum Gasteiger partial charge on any atom is 0.253 e. The number of halogens is 1. The van der Waals surface area contributed by atoms with Gasteiger partial charge in [-0.25, -0.2) is 4.98 Å². The summed E-state index contributed by atoms with van der Waals surface area (Å²) in [6.45, 7) is 0. The number of benzene rings is 2. The highest BCUT2D eigenvalue weighted by Crippen LogP contribution is 2.31. The zero-order valence-electron chi connectivity index (χ0n) is 16.0. The van der Waals surface area contributed by atoms with Crippen molar-refractivity contribution in [3.8, 4) is 5.69 Å². The average molecular weight is 439 g/mol. The molecule has 1 saturated carbocycles. The van der Waals surface area contributed by atoms with E-state index < -0.39 is 0 Å². The largest absolute Gasteiger partial charge is 0.357 e. The van der Waals surface area contributed by atoms with Crippen LogP contribution >= 0.6 is 22.9 Å². The van der Waals surface area contributed by atoms with E-state index in [2.05, 4.69) is 25.8 Å². The van der Waals surface area contributed by atoms with Crippen molar-refractivity contribution >= 4 is 44.2 Å². The van der Waals surface area contributed by atoms with Gasteiger partial charge in [-0.1, -0.05) is 35.1 Å². The lowest BCUT2D eigenvalue weighted by molar-refractivity contribution is 0.0935. The molecule has 152 valence electrons. The highest BCUT2D eigenvalue weighted by atomic mass is 35.5. The first kappa shape index (κ1) is 19.0. The zero-order valence-corrected chi connectivity index (χ0v) is 17.5. The highest BCUT2D eigenvalue weighted by molar-refractivity contribution is 7.22. The Bertz CT molecular complexity index is 1190. The fourth-order valence-corrected chi connectivity index (χ4v) is 5.05. The van der Waals surface area contributed by atoms with Crippen LogP contribution in [0.15, 0.2) is 54.9 Å². The summed E-state index contributed by atoms with van der Waals surface area (Å²) < 4.78 is 1.05. The van der Waals surface area contributed by atoms with Crippen LogP contribution in [0.4, 0.5) is 5.13 Å². The van der Waals surface area contributed by atoms with Crippen molar-refractivity contribution in [1.82, 2.24) is 25.3 Å². The number of hydrogen-bond donors (Lipinski definition) is 2. The number of carbonyl (C=O) groups is 1. The monoisotopic (exact) mass is 438 g/mol. The summed E-state index contributed by atoms with van der Waals surface area (Å²) >= 11 is 7.66. The molecule has 0 bridgehead atoms. The van der Waals surface area contributed by atoms with Gasteiger partial charge >= 0.3 is 0 Å². The number of amides is 1. The quantitative estimate of drug-likeness (QED) is 0.485. The van der Waals surface area contributed by atoms with Crippen LogP contribution in [0, 0.1) is 0 Å². The zero-order chi connectivity index (χ0) is 20.5. The molecule has 1 aliphatic carbocycles. The van der Waals surface area contributed by atoms with Gasteiger partial charge in [0.05, 0.1) is 33.9 Å². The number of nitrogens with one attached hydrogen (secondary N) is 2. The van der Waals surface area contributed by atoms with Crippen molar-refractivity contribution in [2.45, 2.75) is 31.3 Å². The number of aromatic nitrogens is 4. The van der Waals surface area contributed by atoms with Crippen LogP contribution in [-0.2, 0) is 0 Å². The predicted octanol–water partition coefficient (Wildman–Crippen LogP) is 4.29. The van der Waals surface area contributed by atoms with E-state index >= 15 is 0 Å². The van der Waals surface area contributed by atoms with Crippen LogP contribution in [0.2, 0.25) is 5.02 Å². The number of para-hydroxylation sites is 1. The van der Waals surface area contributed by atoms with Gasteiger partial charge in [-0.2, -0.15) is 15.0 Å². The van der Waals surface area contributed by atoms with E-state index in [-0.39, 0.29) is 18.0 Å². The Morgan fingerprint density at radius 2 is 1.90 bits per heavy atom. The van der Waals surface area contributed by atoms with Gasteiger partial charge in [0.25, 0.3) is 5.91 Å². The fourth-order valence-electron chi connectivity index (χ4n) is 3.85. The molecule has 4 aromatic rings. The Morgan fingerprint density at radius 3 is 2.77 bits per heavy atom. The van der Waals surface area contributed by atoms with Gasteiger partial charge in [0.1, 0.15) is 0 Å². The molecule has 9 heteroatoms. The number of rotatable bonds is 5. The van der Waals surface area contributed by atoms with Crippen molar-refractivity contribution < 1.29 is 4.79 Å². The molecule has 2 atom stereocenters. The summed E-state index contributed by atoms with van der Waals surface area (Å²) in [5.41, 5.74) is 2.13. The predicted molar refractivity (Wildman–Crippen MR) is 119 cm³/mol. The molecule has 1 fully saturated rings. The maximum absolute atomic E-state index is 13.1. The third-order valence-electron chi connectivity index (χ3n) is 5.27. The number of hydrogen-bond acceptors (Lipinski definition) is 6. The fraction of sp³-hybridized carbons (Fsp3) is 0.238. The summed E-state index contributed by atoms with van der Waals surface area (Å²) in [5.74, 6) is -0.127. The van der Waals surface area contributed by atoms with E-state index in [0.717, 1.165) is 34.6 Å². The van der Waals surface area contributed by atoms with Gasteiger partial charge in [-0.3, -0.25) is 4.79 Å². The number of thiazole rings is 1. The summed E-state index contributed by atoms with van der Waals surface area (Å²) in [6.07, 6.45) is 6.13. The minimum atomic E-state index is -0.127. The van der Waals surface area contributed by atoms with Crippen molar-refractivity contribution in [3.63, 3.8) is 0 Å². The smallest absolute Gasteiger partial charge is 0.253 e. The van der Waals surface area contributed by atoms with Crippen LogP contribution < -0.4 is 10.6 Å². The molecule has 5 rings (SSSR count). The molecule has 1 amide bonds. The second kappa shape index (κ2) is 8.04. The number of anilines is 1. The van der Waals surface area contributed by atoms with Crippen molar-refractivity contribution in [3.05, 3.63) is 65.4 Å². The second-order valence-corrected chi connectivity index (χ2v) is 8.70. The molecular weight excluding hydrogens is 420 g/mol. The third-order valence-corrected chi connectivity index (χ3v) is 6.46. The van der Waals surface area contributed by atoms with E-state index in [0.29, 0.717) is 16.3 Å². The lowest BCUT2D eigenvalue weighted by Crippen LogP contribution is -2.43. The Morgan fingerprint density at radius 1 is 1.10 bits per heavy atom. The maximum atomic E-state index is 13.1. The van der Waals surface area contributed by atoms with E-state index in [9.17, 15) is 4.79 Å². The lowest BCUT2D eigenvalue weighted by Gasteiger charge is -2.22. The number of carbonyl (C=O) groups excluding carboxylic acids is 1. The molecule has 1 aliphatic rings. The molecular formula is C21H19ClN6OS. The first-order valence-electron chi connectivity index (χ1n) is 9.76. The molecule has 2 unspecified atom stereocenters. The van der Waals surface area contributed by atoms with Crippen molar-refractivity contribution in [2.24, 2.45) is 0 Å². The van der Waals surface area contributed by atoms with E-state index in [1.54, 1.807) is 29.8 Å². The normalized spacial score (nSPS) is 18.6. The van der Waals surface area contributed by atoms with Gasteiger partial charge in [0, 0.05) is 17.1 Å². The van der Waals surface area contributed by atoms with E-state index in [1.165, 1.54) is 4.80 Å². The molecule has 0 spiro atoms. The molecule has 2 N–H and O–H groups in total. The molecule has 2 heterocycles. The Kier molecular flexibility index (Phi) is 5.10. The summed E-state index contributed by atoms with van der Waals surface area (Å²) in [6, 6.07) is 13.2. The number of fused-ring (bicyclic) bond motifs is 1. The first-order valence-corrected chi connectivity index (χ1v) is 11.0. The molecule has 0 saturated heterocycles. The molecule has 0 aliphatic heterocycles. The molecule has 2 aromatic heterocycles. The Labute approximate surface area is 182 Å². The second-order valence-electron chi connectivity index (χ2n) is 7.23. The van der Waals surface area contributed by atoms with Gasteiger partial charge in [-0.05, 0) is 49.6 Å². The average Bonchev–Trinajstić information content (AvgIpc) is 3.49. The van der Waals surface area contributed by atoms with Crippen molar-refractivity contribution in [2.75, 3.05) is 5.32 Å². The minimum absolute atomic E-state index is 0.0201. The van der Waals surface area contributed by atoms with E-state index in [4.69, 9.17) is 11.6 Å². The summed E-state index contributed by atoms with van der Waals surface area (Å²) in [7, 11) is 0.